The molecule has 0 bridgehead atoms. The Morgan fingerprint density at radius 2 is 2.12 bits per heavy atom. The second-order valence-electron chi connectivity index (χ2n) is 3.77. The van der Waals surface area contributed by atoms with Crippen molar-refractivity contribution in [2.24, 2.45) is 0 Å². The van der Waals surface area contributed by atoms with Crippen molar-refractivity contribution in [1.29, 1.82) is 0 Å². The van der Waals surface area contributed by atoms with Crippen LogP contribution in [0.1, 0.15) is 6.92 Å². The predicted molar refractivity (Wildman–Crippen MR) is 51.0 cm³/mol. The summed E-state index contributed by atoms with van der Waals surface area (Å²) in [6.07, 6.45) is -4.67. The molecule has 0 aromatic rings. The highest BCUT2D eigenvalue weighted by Gasteiger charge is 2.48. The third kappa shape index (κ3) is 2.79. The second kappa shape index (κ2) is 5.07. The molecule has 1 fully saturated rings. The monoisotopic (exact) mass is 250 g/mol. The Morgan fingerprint density at radius 1 is 1.53 bits per heavy atom. The number of carboxylic acid groups (broad SMARTS) is 1. The van der Waals surface area contributed by atoms with E-state index in [1.54, 1.807) is 0 Å². The maximum Gasteiger partial charge on any atom is 0.364 e. The Balaban J connectivity index is 2.83. The number of Topliss-reactive ketones (excluding diaryl/α,β-unsaturated/α-hetero) is 1. The van der Waals surface area contributed by atoms with E-state index in [0.29, 0.717) is 0 Å². The van der Waals surface area contributed by atoms with E-state index >= 15 is 0 Å². The maximum absolute atomic E-state index is 11.5. The Bertz CT molecular complexity index is 316. The number of ether oxygens (including phenoxy) is 2. The van der Waals surface area contributed by atoms with Gasteiger partial charge in [0.2, 0.25) is 0 Å². The van der Waals surface area contributed by atoms with Crippen LogP contribution in [0.2, 0.25) is 0 Å². The number of carbonyl (C=O) groups is 2. The van der Waals surface area contributed by atoms with E-state index in [-0.39, 0.29) is 0 Å². The number of hydrogen-bond donors (Lipinski definition) is 4. The van der Waals surface area contributed by atoms with Gasteiger partial charge in [-0.2, -0.15) is 0 Å². The van der Waals surface area contributed by atoms with E-state index in [1.165, 1.54) is 0 Å². The highest BCUT2D eigenvalue weighted by Crippen LogP contribution is 2.24. The summed E-state index contributed by atoms with van der Waals surface area (Å²) in [6.45, 7) is -0.180. The largest absolute Gasteiger partial charge is 0.477 e. The van der Waals surface area contributed by atoms with Crippen molar-refractivity contribution >= 4 is 11.8 Å². The van der Waals surface area contributed by atoms with E-state index in [9.17, 15) is 14.7 Å². The molecule has 1 saturated heterocycles. The van der Waals surface area contributed by atoms with Gasteiger partial charge in [-0.3, -0.25) is 4.79 Å². The number of aliphatic carboxylic acids is 1. The summed E-state index contributed by atoms with van der Waals surface area (Å²) in [5.74, 6) is -4.51. The number of ketones is 1. The molecule has 98 valence electrons. The molecule has 4 N–H and O–H groups in total. The quantitative estimate of drug-likeness (QED) is 0.429. The number of hydrogen-bond acceptors (Lipinski definition) is 7. The molecule has 1 heterocycles. The number of aliphatic hydroxyl groups is 3. The molecule has 0 aromatic carbocycles. The molecule has 0 spiro atoms. The zero-order chi connectivity index (χ0) is 13.2. The lowest BCUT2D eigenvalue weighted by atomic mass is 10.0. The average molecular weight is 250 g/mol. The third-order valence-corrected chi connectivity index (χ3v) is 2.40. The van der Waals surface area contributed by atoms with Gasteiger partial charge in [-0.1, -0.05) is 0 Å². The van der Waals surface area contributed by atoms with Crippen molar-refractivity contribution < 1.29 is 39.5 Å². The van der Waals surface area contributed by atoms with Gasteiger partial charge in [0.25, 0.3) is 5.79 Å². The van der Waals surface area contributed by atoms with Crippen molar-refractivity contribution in [2.45, 2.75) is 31.0 Å². The molecule has 4 atom stereocenters. The van der Waals surface area contributed by atoms with Crippen LogP contribution in [0.25, 0.3) is 0 Å². The normalized spacial score (nSPS) is 35.3. The summed E-state index contributed by atoms with van der Waals surface area (Å²) in [5, 5.41) is 36.0. The molecular weight excluding hydrogens is 236 g/mol. The maximum atomic E-state index is 11.5. The highest BCUT2D eigenvalue weighted by molar-refractivity contribution is 5.88. The molecule has 0 amide bonds. The van der Waals surface area contributed by atoms with Crippen molar-refractivity contribution in [3.63, 3.8) is 0 Å². The standard InChI is InChI=1S/C9H14O8/c1-9(8(14)15)16-3-5(12)7(17-9)6(13)4(11)2-10/h4-5,7,10-12H,2-3H2,1H3,(H,14,15)/t4-,5+,7+,9?/m0/s1. The average Bonchev–Trinajstić information content (AvgIpc) is 2.30. The SMILES string of the molecule is CC1(C(=O)O)OC[C@@H](O)[C@H](C(=O)[C@@H](O)CO)O1. The first-order chi connectivity index (χ1) is 7.81. The lowest BCUT2D eigenvalue weighted by molar-refractivity contribution is -0.299. The minimum absolute atomic E-state index is 0.419. The number of rotatable bonds is 4. The van der Waals surface area contributed by atoms with Gasteiger partial charge in [0, 0.05) is 6.92 Å². The number of carboxylic acids is 1. The Labute approximate surface area is 96.4 Å². The minimum Gasteiger partial charge on any atom is -0.477 e. The zero-order valence-corrected chi connectivity index (χ0v) is 9.07. The molecule has 0 aliphatic carbocycles. The first-order valence-electron chi connectivity index (χ1n) is 4.87. The van der Waals surface area contributed by atoms with Crippen LogP contribution in [-0.4, -0.2) is 69.5 Å². The fraction of sp³-hybridized carbons (Fsp3) is 0.778. The fourth-order valence-electron chi connectivity index (χ4n) is 1.33. The smallest absolute Gasteiger partial charge is 0.364 e. The summed E-state index contributed by atoms with van der Waals surface area (Å²) in [6, 6.07) is 0. The van der Waals surface area contributed by atoms with E-state index in [4.69, 9.17) is 24.8 Å². The summed E-state index contributed by atoms with van der Waals surface area (Å²) >= 11 is 0. The van der Waals surface area contributed by atoms with Crippen LogP contribution >= 0.6 is 0 Å². The van der Waals surface area contributed by atoms with E-state index in [1.807, 2.05) is 0 Å². The Kier molecular flexibility index (Phi) is 4.17. The van der Waals surface area contributed by atoms with Gasteiger partial charge in [-0.15, -0.1) is 0 Å². The van der Waals surface area contributed by atoms with Crippen LogP contribution in [0.4, 0.5) is 0 Å². The Hall–Kier alpha value is -1.06. The van der Waals surface area contributed by atoms with E-state index < -0.39 is 49.1 Å². The zero-order valence-electron chi connectivity index (χ0n) is 9.07. The molecule has 17 heavy (non-hydrogen) atoms. The lowest BCUT2D eigenvalue weighted by Gasteiger charge is -2.37. The van der Waals surface area contributed by atoms with Gasteiger partial charge in [0.05, 0.1) is 13.2 Å². The predicted octanol–water partition coefficient (Wildman–Crippen LogP) is -2.51. The van der Waals surface area contributed by atoms with Crippen LogP contribution in [0, 0.1) is 0 Å². The van der Waals surface area contributed by atoms with Crippen molar-refractivity contribution in [1.82, 2.24) is 0 Å². The van der Waals surface area contributed by atoms with Crippen LogP contribution in [0.5, 0.6) is 0 Å². The van der Waals surface area contributed by atoms with Gasteiger partial charge in [-0.05, 0) is 0 Å². The van der Waals surface area contributed by atoms with Gasteiger partial charge in [-0.25, -0.2) is 4.79 Å². The molecule has 8 heteroatoms. The molecule has 0 saturated carbocycles. The summed E-state index contributed by atoms with van der Waals surface area (Å²) in [7, 11) is 0. The Morgan fingerprint density at radius 3 is 2.59 bits per heavy atom. The lowest BCUT2D eigenvalue weighted by Crippen LogP contribution is -2.58. The first-order valence-corrected chi connectivity index (χ1v) is 4.87. The summed E-state index contributed by atoms with van der Waals surface area (Å²) in [5.41, 5.74) is 0. The molecule has 1 unspecified atom stereocenters. The molecule has 1 rings (SSSR count). The summed E-state index contributed by atoms with van der Waals surface area (Å²) < 4.78 is 9.60. The minimum atomic E-state index is -2.06. The van der Waals surface area contributed by atoms with Crippen LogP contribution in [-0.2, 0) is 19.1 Å². The van der Waals surface area contributed by atoms with Crippen molar-refractivity contribution in [3.05, 3.63) is 0 Å². The van der Waals surface area contributed by atoms with E-state index in [2.05, 4.69) is 0 Å². The fourth-order valence-corrected chi connectivity index (χ4v) is 1.33. The van der Waals surface area contributed by atoms with Crippen molar-refractivity contribution in [3.8, 4) is 0 Å². The third-order valence-electron chi connectivity index (χ3n) is 2.40. The van der Waals surface area contributed by atoms with Crippen LogP contribution < -0.4 is 0 Å². The van der Waals surface area contributed by atoms with Gasteiger partial charge < -0.3 is 29.9 Å². The number of carbonyl (C=O) groups excluding carboxylic acids is 1. The van der Waals surface area contributed by atoms with E-state index in [0.717, 1.165) is 6.92 Å². The van der Waals surface area contributed by atoms with Gasteiger partial charge in [0.15, 0.2) is 11.9 Å². The van der Waals surface area contributed by atoms with Gasteiger partial charge in [0.1, 0.15) is 12.2 Å². The highest BCUT2D eigenvalue weighted by atomic mass is 16.7. The van der Waals surface area contributed by atoms with Crippen LogP contribution in [0.15, 0.2) is 0 Å². The van der Waals surface area contributed by atoms with Crippen LogP contribution in [0.3, 0.4) is 0 Å². The van der Waals surface area contributed by atoms with Crippen molar-refractivity contribution in [2.75, 3.05) is 13.2 Å². The topological polar surface area (TPSA) is 134 Å². The summed E-state index contributed by atoms with van der Waals surface area (Å²) in [4.78, 5) is 22.3. The number of aliphatic hydroxyl groups excluding tert-OH is 3. The molecule has 0 radical (unpaired) electrons. The van der Waals surface area contributed by atoms with Gasteiger partial charge >= 0.3 is 5.97 Å². The molecular formula is C9H14O8. The first kappa shape index (κ1) is 14.0. The molecule has 0 aromatic heterocycles. The molecule has 1 aliphatic heterocycles. The molecule has 1 aliphatic rings. The second-order valence-corrected chi connectivity index (χ2v) is 3.77. The molecule has 8 nitrogen and oxygen atoms in total.